The van der Waals surface area contributed by atoms with Gasteiger partial charge in [-0.25, -0.2) is 4.39 Å². The molecular weight excluding hydrogens is 201 g/mol. The zero-order chi connectivity index (χ0) is 9.97. The first kappa shape index (κ1) is 9.94. The molecule has 1 saturated heterocycles. The fourth-order valence-electron chi connectivity index (χ4n) is 1.90. The highest BCUT2D eigenvalue weighted by molar-refractivity contribution is 6.30. The van der Waals surface area contributed by atoms with Gasteiger partial charge in [0, 0.05) is 6.54 Å². The lowest BCUT2D eigenvalue weighted by atomic mass is 9.92. The molecule has 2 rings (SSSR count). The summed E-state index contributed by atoms with van der Waals surface area (Å²) < 4.78 is 13.2. The van der Waals surface area contributed by atoms with E-state index in [0.717, 1.165) is 31.5 Å². The van der Waals surface area contributed by atoms with Crippen molar-refractivity contribution in [2.24, 2.45) is 0 Å². The molecule has 1 aromatic carbocycles. The summed E-state index contributed by atoms with van der Waals surface area (Å²) in [6, 6.07) is 5.11. The van der Waals surface area contributed by atoms with E-state index < -0.39 is 0 Å². The molecule has 0 radical (unpaired) electrons. The van der Waals surface area contributed by atoms with Gasteiger partial charge in [-0.1, -0.05) is 17.7 Å². The minimum Gasteiger partial charge on any atom is -0.316 e. The van der Waals surface area contributed by atoms with Crippen molar-refractivity contribution in [3.63, 3.8) is 0 Å². The average molecular weight is 214 g/mol. The zero-order valence-corrected chi connectivity index (χ0v) is 8.65. The van der Waals surface area contributed by atoms with Crippen molar-refractivity contribution < 1.29 is 4.39 Å². The molecule has 14 heavy (non-hydrogen) atoms. The van der Waals surface area contributed by atoms with Gasteiger partial charge < -0.3 is 5.32 Å². The first-order valence-electron chi connectivity index (χ1n) is 4.93. The molecule has 1 N–H and O–H groups in total. The average Bonchev–Trinajstić information content (AvgIpc) is 2.23. The van der Waals surface area contributed by atoms with Gasteiger partial charge >= 0.3 is 0 Å². The molecule has 1 fully saturated rings. The standard InChI is InChI=1S/C11H13ClFN/c12-10-4-3-8(6-11(10)13)9-2-1-5-14-7-9/h3-4,6,9,14H,1-2,5,7H2/t9-/m0/s1. The van der Waals surface area contributed by atoms with Crippen LogP contribution in [0.3, 0.4) is 0 Å². The van der Waals surface area contributed by atoms with Gasteiger partial charge in [0.05, 0.1) is 5.02 Å². The van der Waals surface area contributed by atoms with Crippen LogP contribution in [0.2, 0.25) is 5.02 Å². The van der Waals surface area contributed by atoms with Crippen LogP contribution in [0.1, 0.15) is 24.3 Å². The summed E-state index contributed by atoms with van der Waals surface area (Å²) >= 11 is 5.63. The third-order valence-electron chi connectivity index (χ3n) is 2.71. The lowest BCUT2D eigenvalue weighted by molar-refractivity contribution is 0.460. The molecule has 1 aliphatic rings. The van der Waals surface area contributed by atoms with Gasteiger partial charge in [0.25, 0.3) is 0 Å². The van der Waals surface area contributed by atoms with E-state index in [1.165, 1.54) is 0 Å². The summed E-state index contributed by atoms with van der Waals surface area (Å²) in [4.78, 5) is 0. The number of hydrogen-bond acceptors (Lipinski definition) is 1. The minimum atomic E-state index is -0.310. The van der Waals surface area contributed by atoms with Crippen LogP contribution in [0, 0.1) is 5.82 Å². The summed E-state index contributed by atoms with van der Waals surface area (Å²) in [5.74, 6) is 0.130. The Morgan fingerprint density at radius 3 is 2.93 bits per heavy atom. The molecule has 1 aliphatic heterocycles. The van der Waals surface area contributed by atoms with Gasteiger partial charge in [-0.2, -0.15) is 0 Å². The maximum absolute atomic E-state index is 13.2. The van der Waals surface area contributed by atoms with Crippen LogP contribution in [0.5, 0.6) is 0 Å². The molecule has 1 nitrogen and oxygen atoms in total. The van der Waals surface area contributed by atoms with E-state index in [0.29, 0.717) is 5.92 Å². The van der Waals surface area contributed by atoms with E-state index in [-0.39, 0.29) is 10.8 Å². The first-order valence-corrected chi connectivity index (χ1v) is 5.31. The Bertz CT molecular complexity index is 321. The fourth-order valence-corrected chi connectivity index (χ4v) is 2.02. The van der Waals surface area contributed by atoms with Crippen LogP contribution in [0.15, 0.2) is 18.2 Å². The molecule has 3 heteroatoms. The van der Waals surface area contributed by atoms with E-state index in [1.807, 2.05) is 6.07 Å². The van der Waals surface area contributed by atoms with Crippen LogP contribution >= 0.6 is 11.6 Å². The second-order valence-corrected chi connectivity index (χ2v) is 4.12. The van der Waals surface area contributed by atoms with Gasteiger partial charge in [-0.3, -0.25) is 0 Å². The van der Waals surface area contributed by atoms with Gasteiger partial charge in [0.15, 0.2) is 0 Å². The largest absolute Gasteiger partial charge is 0.316 e. The normalized spacial score (nSPS) is 22.3. The predicted molar refractivity (Wildman–Crippen MR) is 56.3 cm³/mol. The number of hydrogen-bond donors (Lipinski definition) is 1. The Labute approximate surface area is 88.3 Å². The number of nitrogens with one attached hydrogen (secondary N) is 1. The third-order valence-corrected chi connectivity index (χ3v) is 3.02. The molecular formula is C11H13ClFN. The quantitative estimate of drug-likeness (QED) is 0.757. The molecule has 0 unspecified atom stereocenters. The topological polar surface area (TPSA) is 12.0 Å². The Balaban J connectivity index is 2.18. The Kier molecular flexibility index (Phi) is 3.04. The van der Waals surface area contributed by atoms with Crippen LogP contribution in [-0.2, 0) is 0 Å². The highest BCUT2D eigenvalue weighted by Gasteiger charge is 2.15. The van der Waals surface area contributed by atoms with Crippen molar-refractivity contribution in [2.45, 2.75) is 18.8 Å². The van der Waals surface area contributed by atoms with Gasteiger partial charge in [0.2, 0.25) is 0 Å². The lowest BCUT2D eigenvalue weighted by Gasteiger charge is -2.23. The summed E-state index contributed by atoms with van der Waals surface area (Å²) in [7, 11) is 0. The molecule has 0 spiro atoms. The zero-order valence-electron chi connectivity index (χ0n) is 7.89. The van der Waals surface area contributed by atoms with Crippen molar-refractivity contribution in [1.29, 1.82) is 0 Å². The monoisotopic (exact) mass is 213 g/mol. The molecule has 0 aromatic heterocycles. The highest BCUT2D eigenvalue weighted by Crippen LogP contribution is 2.26. The number of benzene rings is 1. The molecule has 1 heterocycles. The van der Waals surface area contributed by atoms with Crippen LogP contribution in [0.4, 0.5) is 4.39 Å². The predicted octanol–water partition coefficient (Wildman–Crippen LogP) is 2.95. The van der Waals surface area contributed by atoms with Gasteiger partial charge in [-0.15, -0.1) is 0 Å². The van der Waals surface area contributed by atoms with E-state index in [4.69, 9.17) is 11.6 Å². The molecule has 0 saturated carbocycles. The Morgan fingerprint density at radius 2 is 2.29 bits per heavy atom. The fraction of sp³-hybridized carbons (Fsp3) is 0.455. The summed E-state index contributed by atoms with van der Waals surface area (Å²) in [5.41, 5.74) is 1.05. The molecule has 0 aliphatic carbocycles. The van der Waals surface area contributed by atoms with E-state index in [1.54, 1.807) is 12.1 Å². The summed E-state index contributed by atoms with van der Waals surface area (Å²) in [6.07, 6.45) is 2.29. The smallest absolute Gasteiger partial charge is 0.142 e. The van der Waals surface area contributed by atoms with Crippen LogP contribution in [-0.4, -0.2) is 13.1 Å². The third kappa shape index (κ3) is 2.07. The Morgan fingerprint density at radius 1 is 1.43 bits per heavy atom. The summed E-state index contributed by atoms with van der Waals surface area (Å²) in [5, 5.41) is 3.52. The minimum absolute atomic E-state index is 0.206. The number of rotatable bonds is 1. The molecule has 76 valence electrons. The van der Waals surface area contributed by atoms with Crippen LogP contribution < -0.4 is 5.32 Å². The molecule has 1 aromatic rings. The Hall–Kier alpha value is -0.600. The highest BCUT2D eigenvalue weighted by atomic mass is 35.5. The van der Waals surface area contributed by atoms with Crippen LogP contribution in [0.25, 0.3) is 0 Å². The van der Waals surface area contributed by atoms with Gasteiger partial charge in [0.1, 0.15) is 5.82 Å². The molecule has 0 amide bonds. The van der Waals surface area contributed by atoms with Crippen molar-refractivity contribution in [3.8, 4) is 0 Å². The number of halogens is 2. The molecule has 1 atom stereocenters. The van der Waals surface area contributed by atoms with E-state index in [2.05, 4.69) is 5.32 Å². The van der Waals surface area contributed by atoms with Crippen molar-refractivity contribution in [3.05, 3.63) is 34.6 Å². The second kappa shape index (κ2) is 4.28. The van der Waals surface area contributed by atoms with E-state index >= 15 is 0 Å². The number of piperidine rings is 1. The second-order valence-electron chi connectivity index (χ2n) is 3.72. The van der Waals surface area contributed by atoms with Gasteiger partial charge in [-0.05, 0) is 43.0 Å². The van der Waals surface area contributed by atoms with Crippen molar-refractivity contribution >= 4 is 11.6 Å². The maximum Gasteiger partial charge on any atom is 0.142 e. The summed E-state index contributed by atoms with van der Waals surface area (Å²) in [6.45, 7) is 2.02. The lowest BCUT2D eigenvalue weighted by Crippen LogP contribution is -2.28. The SMILES string of the molecule is Fc1cc([C@H]2CCCNC2)ccc1Cl. The first-order chi connectivity index (χ1) is 6.77. The van der Waals surface area contributed by atoms with E-state index in [9.17, 15) is 4.39 Å². The van der Waals surface area contributed by atoms with Crippen molar-refractivity contribution in [1.82, 2.24) is 5.32 Å². The maximum atomic E-state index is 13.2. The molecule has 0 bridgehead atoms. The van der Waals surface area contributed by atoms with Crippen molar-refractivity contribution in [2.75, 3.05) is 13.1 Å².